The fourth-order valence-electron chi connectivity index (χ4n) is 2.36. The summed E-state index contributed by atoms with van der Waals surface area (Å²) in [5.41, 5.74) is 0.300. The Kier molecular flexibility index (Phi) is 6.28. The van der Waals surface area contributed by atoms with Gasteiger partial charge in [-0.3, -0.25) is 9.59 Å². The average molecular weight is 321 g/mol. The molecule has 1 fully saturated rings. The number of amides is 2. The lowest BCUT2D eigenvalue weighted by molar-refractivity contribution is -0.129. The van der Waals surface area contributed by atoms with Crippen molar-refractivity contribution in [3.63, 3.8) is 0 Å². The first kappa shape index (κ1) is 17.1. The van der Waals surface area contributed by atoms with Gasteiger partial charge in [-0.25, -0.2) is 9.97 Å². The molecule has 1 aromatic rings. The first-order valence-corrected chi connectivity index (χ1v) is 7.71. The molecule has 2 rings (SSSR count). The van der Waals surface area contributed by atoms with Crippen LogP contribution in [-0.2, 0) is 9.53 Å². The van der Waals surface area contributed by atoms with Crippen LogP contribution < -0.4 is 10.2 Å². The van der Waals surface area contributed by atoms with E-state index >= 15 is 0 Å². The van der Waals surface area contributed by atoms with E-state index in [2.05, 4.69) is 20.2 Å². The molecule has 1 aliphatic rings. The monoisotopic (exact) mass is 321 g/mol. The molecule has 2 amide bonds. The Hall–Kier alpha value is -2.22. The number of nitrogens with zero attached hydrogens (tertiary/aromatic N) is 4. The number of rotatable bonds is 6. The highest BCUT2D eigenvalue weighted by Crippen LogP contribution is 2.12. The number of carbonyl (C=O) groups excluding carboxylic acids is 2. The molecule has 23 heavy (non-hydrogen) atoms. The van der Waals surface area contributed by atoms with E-state index in [0.717, 1.165) is 25.3 Å². The number of carbonyl (C=O) groups is 2. The standard InChI is InChI=1S/C15H23N5O3/c1-12(21)19-5-7-20(8-6-19)14-11-17-13(10-18-14)15(22)16-4-3-9-23-2/h10-11H,3-9H2,1-2H3,(H,16,22). The maximum absolute atomic E-state index is 11.9. The molecule has 0 saturated carbocycles. The van der Waals surface area contributed by atoms with Crippen molar-refractivity contribution in [3.8, 4) is 0 Å². The molecule has 126 valence electrons. The quantitative estimate of drug-likeness (QED) is 0.737. The molecule has 0 spiro atoms. The van der Waals surface area contributed by atoms with E-state index in [-0.39, 0.29) is 11.8 Å². The Morgan fingerprint density at radius 3 is 2.52 bits per heavy atom. The van der Waals surface area contributed by atoms with Gasteiger partial charge in [0.05, 0.1) is 12.4 Å². The zero-order valence-corrected chi connectivity index (χ0v) is 13.6. The van der Waals surface area contributed by atoms with E-state index in [1.807, 2.05) is 4.90 Å². The molecule has 2 heterocycles. The van der Waals surface area contributed by atoms with Crippen LogP contribution in [0.1, 0.15) is 23.8 Å². The van der Waals surface area contributed by atoms with E-state index in [0.29, 0.717) is 31.9 Å². The first-order chi connectivity index (χ1) is 11.1. The van der Waals surface area contributed by atoms with Crippen molar-refractivity contribution in [1.82, 2.24) is 20.2 Å². The highest BCUT2D eigenvalue weighted by molar-refractivity contribution is 5.91. The SMILES string of the molecule is COCCCNC(=O)c1cnc(N2CCN(C(C)=O)CC2)cn1. The predicted molar refractivity (Wildman–Crippen MR) is 85.3 cm³/mol. The predicted octanol–water partition coefficient (Wildman–Crippen LogP) is -0.0886. The van der Waals surface area contributed by atoms with Crippen molar-refractivity contribution in [3.05, 3.63) is 18.1 Å². The van der Waals surface area contributed by atoms with Gasteiger partial charge < -0.3 is 19.9 Å². The zero-order valence-electron chi connectivity index (χ0n) is 13.6. The highest BCUT2D eigenvalue weighted by atomic mass is 16.5. The molecule has 1 N–H and O–H groups in total. The summed E-state index contributed by atoms with van der Waals surface area (Å²) in [6, 6.07) is 0. The molecular formula is C15H23N5O3. The molecule has 0 aliphatic carbocycles. The molecule has 0 radical (unpaired) electrons. The minimum absolute atomic E-state index is 0.0937. The van der Waals surface area contributed by atoms with Gasteiger partial charge in [0.25, 0.3) is 5.91 Å². The summed E-state index contributed by atoms with van der Waals surface area (Å²) in [7, 11) is 1.63. The van der Waals surface area contributed by atoms with Crippen LogP contribution in [0.15, 0.2) is 12.4 Å². The van der Waals surface area contributed by atoms with Crippen LogP contribution in [0.3, 0.4) is 0 Å². The van der Waals surface area contributed by atoms with E-state index in [1.54, 1.807) is 20.2 Å². The maximum atomic E-state index is 11.9. The van der Waals surface area contributed by atoms with Crippen LogP contribution in [0.25, 0.3) is 0 Å². The van der Waals surface area contributed by atoms with Crippen LogP contribution in [0.4, 0.5) is 5.82 Å². The zero-order chi connectivity index (χ0) is 16.7. The van der Waals surface area contributed by atoms with E-state index in [9.17, 15) is 9.59 Å². The molecule has 8 nitrogen and oxygen atoms in total. The Morgan fingerprint density at radius 2 is 1.96 bits per heavy atom. The second-order valence-electron chi connectivity index (χ2n) is 5.36. The third-order valence-corrected chi connectivity index (χ3v) is 3.73. The van der Waals surface area contributed by atoms with Gasteiger partial charge in [-0.1, -0.05) is 0 Å². The molecular weight excluding hydrogens is 298 g/mol. The second kappa shape index (κ2) is 8.42. The third kappa shape index (κ3) is 4.88. The molecule has 0 aromatic carbocycles. The molecule has 0 unspecified atom stereocenters. The van der Waals surface area contributed by atoms with E-state index in [1.165, 1.54) is 6.20 Å². The molecule has 1 aliphatic heterocycles. The largest absolute Gasteiger partial charge is 0.385 e. The molecule has 1 aromatic heterocycles. The number of piperazine rings is 1. The molecule has 0 atom stereocenters. The number of anilines is 1. The van der Waals surface area contributed by atoms with Gasteiger partial charge in [0, 0.05) is 53.4 Å². The first-order valence-electron chi connectivity index (χ1n) is 7.71. The van der Waals surface area contributed by atoms with Gasteiger partial charge in [0.1, 0.15) is 11.5 Å². The molecule has 8 heteroatoms. The van der Waals surface area contributed by atoms with Gasteiger partial charge in [0.2, 0.25) is 5.91 Å². The minimum Gasteiger partial charge on any atom is -0.385 e. The third-order valence-electron chi connectivity index (χ3n) is 3.73. The number of hydrogen-bond acceptors (Lipinski definition) is 6. The summed E-state index contributed by atoms with van der Waals surface area (Å²) in [5.74, 6) is 0.585. The second-order valence-corrected chi connectivity index (χ2v) is 5.36. The Morgan fingerprint density at radius 1 is 1.22 bits per heavy atom. The Balaban J connectivity index is 1.85. The summed E-state index contributed by atoms with van der Waals surface area (Å²) < 4.78 is 4.93. The summed E-state index contributed by atoms with van der Waals surface area (Å²) in [6.45, 7) is 5.53. The van der Waals surface area contributed by atoms with Gasteiger partial charge in [0.15, 0.2) is 0 Å². The topological polar surface area (TPSA) is 87.7 Å². The number of ether oxygens (including phenoxy) is 1. The van der Waals surface area contributed by atoms with Crippen LogP contribution in [0, 0.1) is 0 Å². The average Bonchev–Trinajstić information content (AvgIpc) is 2.59. The van der Waals surface area contributed by atoms with Gasteiger partial charge in [-0.15, -0.1) is 0 Å². The number of methoxy groups -OCH3 is 1. The minimum atomic E-state index is -0.235. The molecule has 1 saturated heterocycles. The number of nitrogens with one attached hydrogen (secondary N) is 1. The number of hydrogen-bond donors (Lipinski definition) is 1. The van der Waals surface area contributed by atoms with Crippen LogP contribution in [0.5, 0.6) is 0 Å². The van der Waals surface area contributed by atoms with Gasteiger partial charge in [-0.2, -0.15) is 0 Å². The lowest BCUT2D eigenvalue weighted by Crippen LogP contribution is -2.48. The normalized spacial score (nSPS) is 14.7. The van der Waals surface area contributed by atoms with Crippen molar-refractivity contribution >= 4 is 17.6 Å². The van der Waals surface area contributed by atoms with Gasteiger partial charge >= 0.3 is 0 Å². The Bertz CT molecular complexity index is 526. The fourth-order valence-corrected chi connectivity index (χ4v) is 2.36. The summed E-state index contributed by atoms with van der Waals surface area (Å²) in [4.78, 5) is 35.6. The molecule has 0 bridgehead atoms. The van der Waals surface area contributed by atoms with E-state index in [4.69, 9.17) is 4.74 Å². The maximum Gasteiger partial charge on any atom is 0.271 e. The van der Waals surface area contributed by atoms with Crippen molar-refractivity contribution in [1.29, 1.82) is 0 Å². The van der Waals surface area contributed by atoms with Crippen LogP contribution in [-0.4, -0.2) is 73.1 Å². The highest BCUT2D eigenvalue weighted by Gasteiger charge is 2.20. The van der Waals surface area contributed by atoms with Crippen molar-refractivity contribution in [2.24, 2.45) is 0 Å². The van der Waals surface area contributed by atoms with Crippen molar-refractivity contribution < 1.29 is 14.3 Å². The van der Waals surface area contributed by atoms with Gasteiger partial charge in [-0.05, 0) is 6.42 Å². The Labute approximate surface area is 135 Å². The fraction of sp³-hybridized carbons (Fsp3) is 0.600. The van der Waals surface area contributed by atoms with Crippen molar-refractivity contribution in [2.45, 2.75) is 13.3 Å². The van der Waals surface area contributed by atoms with Crippen molar-refractivity contribution in [2.75, 3.05) is 51.3 Å². The van der Waals surface area contributed by atoms with Crippen LogP contribution >= 0.6 is 0 Å². The smallest absolute Gasteiger partial charge is 0.271 e. The lowest BCUT2D eigenvalue weighted by atomic mass is 10.3. The van der Waals surface area contributed by atoms with E-state index < -0.39 is 0 Å². The van der Waals surface area contributed by atoms with Crippen LogP contribution in [0.2, 0.25) is 0 Å². The summed E-state index contributed by atoms with van der Waals surface area (Å²) in [6.07, 6.45) is 3.85. The summed E-state index contributed by atoms with van der Waals surface area (Å²) >= 11 is 0. The number of aromatic nitrogens is 2. The lowest BCUT2D eigenvalue weighted by Gasteiger charge is -2.34. The summed E-state index contributed by atoms with van der Waals surface area (Å²) in [5, 5.41) is 2.77.